The van der Waals surface area contributed by atoms with Gasteiger partial charge in [-0.2, -0.15) is 4.98 Å². The lowest BCUT2D eigenvalue weighted by Crippen LogP contribution is -2.11. The fraction of sp³-hybridized carbons (Fsp3) is 0.667. The molecule has 16 heavy (non-hydrogen) atoms. The molecule has 1 heterocycles. The first kappa shape index (κ1) is 12.7. The molecular weight excluding hydrogens is 202 g/mol. The van der Waals surface area contributed by atoms with Crippen molar-refractivity contribution in [3.63, 3.8) is 0 Å². The Kier molecular flexibility index (Phi) is 5.02. The van der Waals surface area contributed by atoms with Gasteiger partial charge in [-0.15, -0.1) is 0 Å². The van der Waals surface area contributed by atoms with Gasteiger partial charge >= 0.3 is 0 Å². The van der Waals surface area contributed by atoms with Gasteiger partial charge in [0, 0.05) is 19.0 Å². The summed E-state index contributed by atoms with van der Waals surface area (Å²) < 4.78 is 5.40. The van der Waals surface area contributed by atoms with Gasteiger partial charge in [-0.25, -0.2) is 4.98 Å². The average molecular weight is 223 g/mol. The molecule has 90 valence electrons. The molecule has 4 nitrogen and oxygen atoms in total. The highest BCUT2D eigenvalue weighted by Gasteiger charge is 2.04. The number of hydrogen-bond acceptors (Lipinski definition) is 4. The Morgan fingerprint density at radius 1 is 1.31 bits per heavy atom. The van der Waals surface area contributed by atoms with E-state index in [9.17, 15) is 0 Å². The summed E-state index contributed by atoms with van der Waals surface area (Å²) in [6, 6.07) is 1.85. The van der Waals surface area contributed by atoms with E-state index in [2.05, 4.69) is 29.1 Å². The molecule has 0 atom stereocenters. The Hall–Kier alpha value is -1.32. The Balaban J connectivity index is 2.77. The van der Waals surface area contributed by atoms with Gasteiger partial charge in [-0.3, -0.25) is 0 Å². The lowest BCUT2D eigenvalue weighted by atomic mass is 10.2. The second-order valence-electron chi connectivity index (χ2n) is 4.07. The van der Waals surface area contributed by atoms with Crippen molar-refractivity contribution in [3.8, 4) is 5.88 Å². The van der Waals surface area contributed by atoms with Crippen LogP contribution in [0.4, 0.5) is 5.82 Å². The molecule has 0 aliphatic heterocycles. The zero-order valence-electron chi connectivity index (χ0n) is 10.6. The summed E-state index contributed by atoms with van der Waals surface area (Å²) in [6.07, 6.45) is 0.817. The molecule has 1 N–H and O–H groups in total. The predicted octanol–water partition coefficient (Wildman–Crippen LogP) is 2.51. The Morgan fingerprint density at radius 2 is 2.06 bits per heavy atom. The van der Waals surface area contributed by atoms with Crippen LogP contribution in [-0.2, 0) is 6.42 Å². The predicted molar refractivity (Wildman–Crippen MR) is 65.9 cm³/mol. The van der Waals surface area contributed by atoms with E-state index < -0.39 is 0 Å². The number of nitrogens with one attached hydrogen (secondary N) is 1. The van der Waals surface area contributed by atoms with E-state index in [4.69, 9.17) is 4.74 Å². The van der Waals surface area contributed by atoms with Crippen molar-refractivity contribution >= 4 is 5.82 Å². The topological polar surface area (TPSA) is 47.0 Å². The molecule has 1 aromatic heterocycles. The van der Waals surface area contributed by atoms with Crippen molar-refractivity contribution in [3.05, 3.63) is 11.9 Å². The number of aryl methyl sites for hydroxylation is 1. The van der Waals surface area contributed by atoms with Gasteiger partial charge in [-0.05, 0) is 12.8 Å². The number of rotatable bonds is 6. The first-order valence-corrected chi connectivity index (χ1v) is 5.90. The number of nitrogens with zero attached hydrogens (tertiary/aromatic N) is 2. The number of hydrogen-bond donors (Lipinski definition) is 1. The maximum absolute atomic E-state index is 5.40. The SMILES string of the molecule is CCOc1cc(NCC(C)C)nc(CC)n1. The highest BCUT2D eigenvalue weighted by Crippen LogP contribution is 2.14. The minimum absolute atomic E-state index is 0.593. The summed E-state index contributed by atoms with van der Waals surface area (Å²) in [5.74, 6) is 2.91. The van der Waals surface area contributed by atoms with Crippen LogP contribution < -0.4 is 10.1 Å². The largest absolute Gasteiger partial charge is 0.478 e. The van der Waals surface area contributed by atoms with Crippen molar-refractivity contribution < 1.29 is 4.74 Å². The Labute approximate surface area is 97.5 Å². The molecule has 0 bridgehead atoms. The van der Waals surface area contributed by atoms with Crippen molar-refractivity contribution in [2.24, 2.45) is 5.92 Å². The van der Waals surface area contributed by atoms with Crippen LogP contribution in [0.25, 0.3) is 0 Å². The minimum atomic E-state index is 0.593. The molecule has 4 heteroatoms. The Morgan fingerprint density at radius 3 is 2.62 bits per heavy atom. The van der Waals surface area contributed by atoms with Gasteiger partial charge < -0.3 is 10.1 Å². The van der Waals surface area contributed by atoms with Crippen LogP contribution in [0.5, 0.6) is 5.88 Å². The molecule has 0 saturated carbocycles. The standard InChI is InChI=1S/C12H21N3O/c1-5-10-14-11(13-8-9(3)4)7-12(15-10)16-6-2/h7,9H,5-6,8H2,1-4H3,(H,13,14,15). The van der Waals surface area contributed by atoms with E-state index >= 15 is 0 Å². The molecular formula is C12H21N3O. The van der Waals surface area contributed by atoms with Crippen LogP contribution in [0.3, 0.4) is 0 Å². The van der Waals surface area contributed by atoms with Crippen LogP contribution in [0.1, 0.15) is 33.5 Å². The van der Waals surface area contributed by atoms with Gasteiger partial charge in [0.25, 0.3) is 0 Å². The molecule has 0 amide bonds. The Bertz CT molecular complexity index is 326. The molecule has 0 radical (unpaired) electrons. The lowest BCUT2D eigenvalue weighted by molar-refractivity contribution is 0.325. The van der Waals surface area contributed by atoms with Crippen LogP contribution in [0, 0.1) is 5.92 Å². The van der Waals surface area contributed by atoms with E-state index in [1.54, 1.807) is 0 Å². The molecule has 1 aromatic rings. The molecule has 0 aliphatic rings. The summed E-state index contributed by atoms with van der Waals surface area (Å²) in [5, 5.41) is 3.29. The fourth-order valence-corrected chi connectivity index (χ4v) is 1.25. The fourth-order valence-electron chi connectivity index (χ4n) is 1.25. The van der Waals surface area contributed by atoms with Crippen molar-refractivity contribution in [2.45, 2.75) is 34.1 Å². The van der Waals surface area contributed by atoms with E-state index in [0.29, 0.717) is 18.4 Å². The van der Waals surface area contributed by atoms with Crippen molar-refractivity contribution in [1.82, 2.24) is 9.97 Å². The summed E-state index contributed by atoms with van der Waals surface area (Å²) >= 11 is 0. The first-order chi connectivity index (χ1) is 7.65. The van der Waals surface area contributed by atoms with Crippen LogP contribution in [0.15, 0.2) is 6.07 Å². The van der Waals surface area contributed by atoms with E-state index in [-0.39, 0.29) is 0 Å². The van der Waals surface area contributed by atoms with E-state index in [0.717, 1.165) is 24.6 Å². The van der Waals surface area contributed by atoms with Gasteiger partial charge in [0.05, 0.1) is 6.61 Å². The highest BCUT2D eigenvalue weighted by atomic mass is 16.5. The monoisotopic (exact) mass is 223 g/mol. The normalized spacial score (nSPS) is 10.6. The maximum Gasteiger partial charge on any atom is 0.218 e. The van der Waals surface area contributed by atoms with Crippen LogP contribution >= 0.6 is 0 Å². The molecule has 0 spiro atoms. The van der Waals surface area contributed by atoms with Crippen molar-refractivity contribution in [1.29, 1.82) is 0 Å². The third-order valence-electron chi connectivity index (χ3n) is 2.05. The third-order valence-corrected chi connectivity index (χ3v) is 2.05. The summed E-state index contributed by atoms with van der Waals surface area (Å²) in [7, 11) is 0. The minimum Gasteiger partial charge on any atom is -0.478 e. The second-order valence-corrected chi connectivity index (χ2v) is 4.07. The molecule has 1 rings (SSSR count). The van der Waals surface area contributed by atoms with Crippen LogP contribution in [-0.4, -0.2) is 23.1 Å². The van der Waals surface area contributed by atoms with E-state index in [1.165, 1.54) is 0 Å². The lowest BCUT2D eigenvalue weighted by Gasteiger charge is -2.10. The smallest absolute Gasteiger partial charge is 0.218 e. The quantitative estimate of drug-likeness (QED) is 0.805. The highest BCUT2D eigenvalue weighted by molar-refractivity contribution is 5.38. The first-order valence-electron chi connectivity index (χ1n) is 5.90. The molecule has 0 unspecified atom stereocenters. The zero-order chi connectivity index (χ0) is 12.0. The number of anilines is 1. The van der Waals surface area contributed by atoms with Gasteiger partial charge in [-0.1, -0.05) is 20.8 Å². The summed E-state index contributed by atoms with van der Waals surface area (Å²) in [4.78, 5) is 8.70. The third kappa shape index (κ3) is 4.04. The van der Waals surface area contributed by atoms with Gasteiger partial charge in [0.1, 0.15) is 11.6 Å². The van der Waals surface area contributed by atoms with Crippen molar-refractivity contribution in [2.75, 3.05) is 18.5 Å². The van der Waals surface area contributed by atoms with Crippen LogP contribution in [0.2, 0.25) is 0 Å². The van der Waals surface area contributed by atoms with E-state index in [1.807, 2.05) is 19.9 Å². The van der Waals surface area contributed by atoms with Gasteiger partial charge in [0.2, 0.25) is 5.88 Å². The number of aromatic nitrogens is 2. The summed E-state index contributed by atoms with van der Waals surface area (Å²) in [6.45, 7) is 9.86. The average Bonchev–Trinajstić information content (AvgIpc) is 2.26. The zero-order valence-corrected chi connectivity index (χ0v) is 10.6. The number of ether oxygens (including phenoxy) is 1. The molecule has 0 saturated heterocycles. The molecule has 0 fully saturated rings. The molecule has 0 aromatic carbocycles. The maximum atomic E-state index is 5.40. The second kappa shape index (κ2) is 6.30. The molecule has 0 aliphatic carbocycles. The van der Waals surface area contributed by atoms with Gasteiger partial charge in [0.15, 0.2) is 0 Å². The summed E-state index contributed by atoms with van der Waals surface area (Å²) in [5.41, 5.74) is 0.